The summed E-state index contributed by atoms with van der Waals surface area (Å²) in [6, 6.07) is 14.6. The fourth-order valence-electron chi connectivity index (χ4n) is 2.94. The smallest absolute Gasteiger partial charge is 0.412 e. The lowest BCUT2D eigenvalue weighted by molar-refractivity contribution is -0.124. The lowest BCUT2D eigenvalue weighted by atomic mass is 10.00. The van der Waals surface area contributed by atoms with Crippen LogP contribution in [0, 0.1) is 11.3 Å². The number of aromatic hydroxyl groups is 1. The van der Waals surface area contributed by atoms with Crippen molar-refractivity contribution in [1.29, 1.82) is 5.26 Å². The molecule has 0 heterocycles. The Labute approximate surface area is 185 Å². The number of hydrogen-bond acceptors (Lipinski definition) is 7. The van der Waals surface area contributed by atoms with Crippen molar-refractivity contribution in [3.63, 3.8) is 0 Å². The average Bonchev–Trinajstić information content (AvgIpc) is 2.80. The number of benzene rings is 2. The Morgan fingerprint density at radius 2 is 1.84 bits per heavy atom. The predicted molar refractivity (Wildman–Crippen MR) is 116 cm³/mol. The van der Waals surface area contributed by atoms with Gasteiger partial charge in [0, 0.05) is 18.4 Å². The molecule has 2 aromatic rings. The van der Waals surface area contributed by atoms with Crippen molar-refractivity contribution in [3.05, 3.63) is 71.8 Å². The second-order valence-corrected chi connectivity index (χ2v) is 6.68. The maximum atomic E-state index is 12.6. The minimum atomic E-state index is -0.797. The van der Waals surface area contributed by atoms with Crippen molar-refractivity contribution >= 4 is 17.7 Å². The van der Waals surface area contributed by atoms with E-state index < -0.39 is 24.2 Å². The molecule has 0 saturated heterocycles. The van der Waals surface area contributed by atoms with Crippen LogP contribution in [0.25, 0.3) is 0 Å². The highest BCUT2D eigenvalue weighted by Gasteiger charge is 2.27. The number of ether oxygens (including phenoxy) is 2. The van der Waals surface area contributed by atoms with Crippen molar-refractivity contribution in [2.75, 3.05) is 11.9 Å². The van der Waals surface area contributed by atoms with Crippen LogP contribution in [0.5, 0.6) is 5.75 Å². The number of hydroxylamine groups is 1. The highest BCUT2D eigenvalue weighted by Crippen LogP contribution is 2.29. The first-order valence-electron chi connectivity index (χ1n) is 9.95. The molecule has 2 aromatic carbocycles. The van der Waals surface area contributed by atoms with E-state index in [9.17, 15) is 14.7 Å². The highest BCUT2D eigenvalue weighted by molar-refractivity contribution is 5.86. The fraction of sp³-hybridized carbons (Fsp3) is 0.261. The van der Waals surface area contributed by atoms with Gasteiger partial charge in [0.15, 0.2) is 6.10 Å². The van der Waals surface area contributed by atoms with Gasteiger partial charge in [-0.15, -0.1) is 0 Å². The third-order valence-corrected chi connectivity index (χ3v) is 4.43. The summed E-state index contributed by atoms with van der Waals surface area (Å²) >= 11 is 0. The molecular weight excluding hydrogens is 414 g/mol. The van der Waals surface area contributed by atoms with Gasteiger partial charge in [0.1, 0.15) is 5.75 Å². The van der Waals surface area contributed by atoms with Crippen molar-refractivity contribution in [2.24, 2.45) is 0 Å². The molecule has 2 amide bonds. The van der Waals surface area contributed by atoms with Crippen LogP contribution in [-0.4, -0.2) is 35.0 Å². The van der Waals surface area contributed by atoms with E-state index in [2.05, 4.69) is 5.32 Å². The predicted octanol–water partition coefficient (Wildman–Crippen LogP) is 3.80. The first kappa shape index (κ1) is 24.4. The van der Waals surface area contributed by atoms with Crippen molar-refractivity contribution in [1.82, 2.24) is 5.48 Å². The quantitative estimate of drug-likeness (QED) is 0.251. The molecule has 0 bridgehead atoms. The Morgan fingerprint density at radius 3 is 2.44 bits per heavy atom. The lowest BCUT2D eigenvalue weighted by Crippen LogP contribution is -2.29. The molecule has 2 atom stereocenters. The summed E-state index contributed by atoms with van der Waals surface area (Å²) in [7, 11) is 0. The summed E-state index contributed by atoms with van der Waals surface area (Å²) in [5, 5.41) is 29.7. The van der Waals surface area contributed by atoms with Crippen LogP contribution < -0.4 is 10.8 Å². The summed E-state index contributed by atoms with van der Waals surface area (Å²) in [5.41, 5.74) is 3.06. The van der Waals surface area contributed by atoms with Gasteiger partial charge in [-0.05, 0) is 61.7 Å². The summed E-state index contributed by atoms with van der Waals surface area (Å²) in [6.07, 6.45) is 1.55. The van der Waals surface area contributed by atoms with Gasteiger partial charge in [0.25, 0.3) is 5.91 Å². The van der Waals surface area contributed by atoms with E-state index in [0.29, 0.717) is 36.3 Å². The normalized spacial score (nSPS) is 12.5. The molecule has 0 aliphatic carbocycles. The fourth-order valence-corrected chi connectivity index (χ4v) is 2.94. The van der Waals surface area contributed by atoms with E-state index in [1.807, 2.05) is 13.0 Å². The van der Waals surface area contributed by atoms with Crippen molar-refractivity contribution in [3.8, 4) is 11.8 Å². The van der Waals surface area contributed by atoms with Gasteiger partial charge >= 0.3 is 6.09 Å². The van der Waals surface area contributed by atoms with E-state index in [1.165, 1.54) is 23.7 Å². The van der Waals surface area contributed by atoms with Gasteiger partial charge in [-0.25, -0.2) is 10.3 Å². The van der Waals surface area contributed by atoms with Gasteiger partial charge in [-0.1, -0.05) is 18.2 Å². The number of nitrogens with zero attached hydrogens (tertiary/aromatic N) is 1. The largest absolute Gasteiger partial charge is 0.508 e. The molecule has 4 N–H and O–H groups in total. The summed E-state index contributed by atoms with van der Waals surface area (Å²) in [5.74, 6) is -0.577. The highest BCUT2D eigenvalue weighted by atomic mass is 16.6. The molecule has 9 nitrogen and oxygen atoms in total. The number of nitriles is 1. The van der Waals surface area contributed by atoms with Crippen LogP contribution in [0.1, 0.15) is 37.0 Å². The maximum absolute atomic E-state index is 12.6. The maximum Gasteiger partial charge on any atom is 0.412 e. The Hall–Kier alpha value is -3.87. The summed E-state index contributed by atoms with van der Waals surface area (Å²) in [4.78, 5) is 23.7. The van der Waals surface area contributed by atoms with Gasteiger partial charge in [0.05, 0.1) is 17.7 Å². The Kier molecular flexibility index (Phi) is 9.71. The molecule has 0 spiro atoms. The van der Waals surface area contributed by atoms with Crippen molar-refractivity contribution < 1.29 is 29.4 Å². The first-order valence-corrected chi connectivity index (χ1v) is 9.95. The molecule has 0 aromatic heterocycles. The van der Waals surface area contributed by atoms with E-state index in [4.69, 9.17) is 19.9 Å². The van der Waals surface area contributed by atoms with Crippen molar-refractivity contribution in [2.45, 2.75) is 32.0 Å². The van der Waals surface area contributed by atoms with Gasteiger partial charge in [0.2, 0.25) is 0 Å². The third kappa shape index (κ3) is 7.75. The summed E-state index contributed by atoms with van der Waals surface area (Å²) < 4.78 is 11.5. The monoisotopic (exact) mass is 439 g/mol. The van der Waals surface area contributed by atoms with E-state index in [-0.39, 0.29) is 5.75 Å². The van der Waals surface area contributed by atoms with Crippen LogP contribution in [0.15, 0.2) is 60.7 Å². The number of allylic oxidation sites excluding steroid dienone is 1. The molecule has 2 rings (SSSR count). The second kappa shape index (κ2) is 12.7. The number of phenolic OH excluding ortho intramolecular Hbond substituents is 1. The second-order valence-electron chi connectivity index (χ2n) is 6.68. The number of amides is 2. The Bertz CT molecular complexity index is 951. The number of anilines is 1. The van der Waals surface area contributed by atoms with Crippen LogP contribution in [-0.2, 0) is 14.3 Å². The summed E-state index contributed by atoms with van der Waals surface area (Å²) in [6.45, 7) is 2.17. The molecular formula is C23H25N3O6. The molecule has 0 radical (unpaired) electrons. The minimum Gasteiger partial charge on any atom is -0.508 e. The number of carbonyl (C=O) groups is 2. The zero-order chi connectivity index (χ0) is 23.3. The Balaban J connectivity index is 2.17. The average molecular weight is 439 g/mol. The van der Waals surface area contributed by atoms with Crippen LogP contribution >= 0.6 is 0 Å². The molecule has 0 saturated carbocycles. The van der Waals surface area contributed by atoms with Crippen LogP contribution in [0.2, 0.25) is 0 Å². The Morgan fingerprint density at radius 1 is 1.16 bits per heavy atom. The lowest BCUT2D eigenvalue weighted by Gasteiger charge is -2.27. The molecule has 0 unspecified atom stereocenters. The molecule has 0 aliphatic rings. The molecule has 168 valence electrons. The molecule has 32 heavy (non-hydrogen) atoms. The zero-order valence-electron chi connectivity index (χ0n) is 17.5. The number of carbonyl (C=O) groups excluding carboxylic acids is 2. The number of hydrogen-bond donors (Lipinski definition) is 4. The van der Waals surface area contributed by atoms with E-state index >= 15 is 0 Å². The third-order valence-electron chi connectivity index (χ3n) is 4.43. The molecule has 0 fully saturated rings. The van der Waals surface area contributed by atoms with Gasteiger partial charge in [-0.2, -0.15) is 5.26 Å². The van der Waals surface area contributed by atoms with Crippen LogP contribution in [0.4, 0.5) is 10.5 Å². The van der Waals surface area contributed by atoms with E-state index in [0.717, 1.165) is 0 Å². The number of phenols is 1. The standard InChI is InChI=1S/C23H25N3O6/c1-2-31-20(5-3-4-6-21(28)26-30)22(17-9-13-19(27)14-10-17)32-23(29)25-18-11-7-16(15-24)8-12-18/h4,6-14,20,22,27,30H,2-3,5H2,1H3,(H,25,29)(H,26,28)/b6-4+/t20-,22-/m1/s1. The SMILES string of the molecule is CCO[C@H](CC/C=C/C(=O)NO)[C@H](OC(=O)Nc1ccc(C#N)cc1)c1ccc(O)cc1. The van der Waals surface area contributed by atoms with Gasteiger partial charge < -0.3 is 14.6 Å². The number of rotatable bonds is 10. The number of nitrogens with one attached hydrogen (secondary N) is 2. The molecule has 0 aliphatic heterocycles. The zero-order valence-corrected chi connectivity index (χ0v) is 17.5. The van der Waals surface area contributed by atoms with E-state index in [1.54, 1.807) is 42.5 Å². The first-order chi connectivity index (χ1) is 15.5. The van der Waals surface area contributed by atoms with Gasteiger partial charge in [-0.3, -0.25) is 15.3 Å². The topological polar surface area (TPSA) is 141 Å². The molecule has 9 heteroatoms. The minimum absolute atomic E-state index is 0.0699. The van der Waals surface area contributed by atoms with Crippen LogP contribution in [0.3, 0.4) is 0 Å².